The van der Waals surface area contributed by atoms with Crippen LogP contribution >= 0.6 is 0 Å². The van der Waals surface area contributed by atoms with Gasteiger partial charge in [0, 0.05) is 6.07 Å². The second-order valence-corrected chi connectivity index (χ2v) is 1.50. The molecule has 0 radical (unpaired) electrons. The Hall–Kier alpha value is -1.41. The topological polar surface area (TPSA) is 55.5 Å². The van der Waals surface area contributed by atoms with Crippen molar-refractivity contribution in [3.05, 3.63) is 11.8 Å². The van der Waals surface area contributed by atoms with E-state index in [0.29, 0.717) is 5.76 Å². The summed E-state index contributed by atoms with van der Waals surface area (Å²) in [7, 11) is 0. The summed E-state index contributed by atoms with van der Waals surface area (Å²) in [6, 6.07) is 1.55. The maximum atomic E-state index is 9.61. The lowest BCUT2D eigenvalue weighted by molar-refractivity contribution is 0.399. The van der Waals surface area contributed by atoms with Crippen molar-refractivity contribution in [2.45, 2.75) is 6.92 Å². The molecule has 0 N–H and O–H groups in total. The van der Waals surface area contributed by atoms with E-state index in [1.54, 1.807) is 13.0 Å². The molecule has 0 aromatic carbocycles. The molecule has 0 saturated heterocycles. The number of aromatic nitrogens is 1. The first-order valence-electron chi connectivity index (χ1n) is 2.34. The van der Waals surface area contributed by atoms with Crippen LogP contribution in [0.25, 0.3) is 0 Å². The van der Waals surface area contributed by atoms with E-state index in [0.717, 1.165) is 0 Å². The SMILES string of the molecule is Cc1cc(N=C=O)no1. The Bertz CT molecular complexity index is 247. The van der Waals surface area contributed by atoms with Gasteiger partial charge in [0.05, 0.1) is 0 Å². The fraction of sp³-hybridized carbons (Fsp3) is 0.200. The molecule has 0 fully saturated rings. The van der Waals surface area contributed by atoms with Gasteiger partial charge in [-0.2, -0.15) is 0 Å². The lowest BCUT2D eigenvalue weighted by Crippen LogP contribution is -1.55. The van der Waals surface area contributed by atoms with Gasteiger partial charge >= 0.3 is 0 Å². The van der Waals surface area contributed by atoms with Crippen LogP contribution in [-0.2, 0) is 4.79 Å². The molecule has 0 spiro atoms. The normalized spacial score (nSPS) is 8.56. The first-order chi connectivity index (χ1) is 4.33. The van der Waals surface area contributed by atoms with Crippen molar-refractivity contribution in [2.75, 3.05) is 0 Å². The average Bonchev–Trinajstić information content (AvgIpc) is 2.17. The van der Waals surface area contributed by atoms with Crippen LogP contribution in [0.1, 0.15) is 5.76 Å². The molecule has 1 rings (SSSR count). The molecule has 0 bridgehead atoms. The zero-order valence-electron chi connectivity index (χ0n) is 4.79. The average molecular weight is 124 g/mol. The van der Waals surface area contributed by atoms with Crippen LogP contribution in [0.5, 0.6) is 0 Å². The van der Waals surface area contributed by atoms with Gasteiger partial charge in [-0.1, -0.05) is 5.16 Å². The van der Waals surface area contributed by atoms with Crippen LogP contribution in [0, 0.1) is 6.92 Å². The first kappa shape index (κ1) is 5.72. The van der Waals surface area contributed by atoms with E-state index in [-0.39, 0.29) is 5.82 Å². The Morgan fingerprint density at radius 1 is 1.89 bits per heavy atom. The standard InChI is InChI=1S/C5H4N2O2/c1-4-2-5(6-3-8)7-9-4/h2H,1H3. The molecule has 0 amide bonds. The number of hydrogen-bond acceptors (Lipinski definition) is 4. The van der Waals surface area contributed by atoms with Gasteiger partial charge < -0.3 is 4.52 Å². The Kier molecular flexibility index (Phi) is 1.42. The minimum Gasteiger partial charge on any atom is -0.359 e. The summed E-state index contributed by atoms with van der Waals surface area (Å²) >= 11 is 0. The molecule has 0 saturated carbocycles. The highest BCUT2D eigenvalue weighted by molar-refractivity contribution is 5.43. The van der Waals surface area contributed by atoms with Gasteiger partial charge in [-0.3, -0.25) is 0 Å². The van der Waals surface area contributed by atoms with Crippen molar-refractivity contribution >= 4 is 11.9 Å². The number of hydrogen-bond donors (Lipinski definition) is 0. The quantitative estimate of drug-likeness (QED) is 0.413. The van der Waals surface area contributed by atoms with Gasteiger partial charge in [0.15, 0.2) is 0 Å². The number of isocyanates is 1. The summed E-state index contributed by atoms with van der Waals surface area (Å²) in [6.07, 6.45) is 1.35. The molecular formula is C5H4N2O2. The molecule has 1 aromatic rings. The van der Waals surface area contributed by atoms with E-state index in [1.165, 1.54) is 6.08 Å². The second kappa shape index (κ2) is 2.24. The largest absolute Gasteiger partial charge is 0.359 e. The van der Waals surface area contributed by atoms with Crippen LogP contribution in [-0.4, -0.2) is 11.2 Å². The summed E-state index contributed by atoms with van der Waals surface area (Å²) in [4.78, 5) is 12.8. The Morgan fingerprint density at radius 2 is 2.67 bits per heavy atom. The fourth-order valence-electron chi connectivity index (χ4n) is 0.453. The minimum atomic E-state index is 0.266. The van der Waals surface area contributed by atoms with Crippen molar-refractivity contribution in [3.8, 4) is 0 Å². The van der Waals surface area contributed by atoms with Crippen molar-refractivity contribution in [1.29, 1.82) is 0 Å². The summed E-state index contributed by atoms with van der Waals surface area (Å²) in [6.45, 7) is 1.72. The second-order valence-electron chi connectivity index (χ2n) is 1.50. The highest BCUT2D eigenvalue weighted by atomic mass is 16.5. The van der Waals surface area contributed by atoms with E-state index >= 15 is 0 Å². The van der Waals surface area contributed by atoms with Crippen molar-refractivity contribution in [2.24, 2.45) is 4.99 Å². The van der Waals surface area contributed by atoms with E-state index in [9.17, 15) is 4.79 Å². The molecule has 4 heteroatoms. The zero-order valence-corrected chi connectivity index (χ0v) is 4.79. The Labute approximate surface area is 51.2 Å². The number of aryl methyl sites for hydroxylation is 1. The van der Waals surface area contributed by atoms with Crippen LogP contribution in [0.2, 0.25) is 0 Å². The highest BCUT2D eigenvalue weighted by Gasteiger charge is 1.94. The molecule has 46 valence electrons. The van der Waals surface area contributed by atoms with Gasteiger partial charge in [-0.15, -0.1) is 4.99 Å². The summed E-state index contributed by atoms with van der Waals surface area (Å²) in [5.74, 6) is 0.895. The smallest absolute Gasteiger partial charge is 0.242 e. The number of rotatable bonds is 1. The minimum absolute atomic E-state index is 0.266. The van der Waals surface area contributed by atoms with Gasteiger partial charge in [0.1, 0.15) is 5.76 Å². The van der Waals surface area contributed by atoms with E-state index in [4.69, 9.17) is 0 Å². The third-order valence-electron chi connectivity index (χ3n) is 0.776. The lowest BCUT2D eigenvalue weighted by Gasteiger charge is -1.65. The molecule has 0 aliphatic carbocycles. The van der Waals surface area contributed by atoms with Gasteiger partial charge in [0.2, 0.25) is 11.9 Å². The maximum absolute atomic E-state index is 9.61. The molecule has 1 aromatic heterocycles. The fourth-order valence-corrected chi connectivity index (χ4v) is 0.453. The van der Waals surface area contributed by atoms with Crippen molar-refractivity contribution < 1.29 is 9.32 Å². The molecular weight excluding hydrogens is 120 g/mol. The van der Waals surface area contributed by atoms with E-state index in [2.05, 4.69) is 14.7 Å². The molecule has 0 aliphatic rings. The highest BCUT2D eigenvalue weighted by Crippen LogP contribution is 2.08. The van der Waals surface area contributed by atoms with Crippen LogP contribution < -0.4 is 0 Å². The lowest BCUT2D eigenvalue weighted by atomic mass is 10.5. The molecule has 0 atom stereocenters. The first-order valence-corrected chi connectivity index (χ1v) is 2.34. The third-order valence-corrected chi connectivity index (χ3v) is 0.776. The van der Waals surface area contributed by atoms with Crippen molar-refractivity contribution in [1.82, 2.24) is 5.16 Å². The van der Waals surface area contributed by atoms with E-state index < -0.39 is 0 Å². The number of aliphatic imine (C=N–C) groups is 1. The number of nitrogens with zero attached hydrogens (tertiary/aromatic N) is 2. The number of carbonyl (C=O) groups excluding carboxylic acids is 1. The zero-order chi connectivity index (χ0) is 6.69. The predicted molar refractivity (Wildman–Crippen MR) is 29.0 cm³/mol. The van der Waals surface area contributed by atoms with Gasteiger partial charge in [0.25, 0.3) is 0 Å². The summed E-state index contributed by atoms with van der Waals surface area (Å²) < 4.78 is 4.59. The Balaban J connectivity index is 2.97. The monoisotopic (exact) mass is 124 g/mol. The Morgan fingerprint density at radius 3 is 3.11 bits per heavy atom. The maximum Gasteiger partial charge on any atom is 0.242 e. The van der Waals surface area contributed by atoms with Crippen LogP contribution in [0.3, 0.4) is 0 Å². The molecule has 0 aliphatic heterocycles. The summed E-state index contributed by atoms with van der Waals surface area (Å²) in [5, 5.41) is 3.40. The predicted octanol–water partition coefficient (Wildman–Crippen LogP) is 0.950. The molecule has 0 unspecified atom stereocenters. The van der Waals surface area contributed by atoms with Crippen LogP contribution in [0.4, 0.5) is 5.82 Å². The third kappa shape index (κ3) is 1.24. The molecule has 9 heavy (non-hydrogen) atoms. The van der Waals surface area contributed by atoms with Gasteiger partial charge in [-0.05, 0) is 6.92 Å². The molecule has 1 heterocycles. The summed E-state index contributed by atoms with van der Waals surface area (Å²) in [5.41, 5.74) is 0. The van der Waals surface area contributed by atoms with E-state index in [1.807, 2.05) is 0 Å². The van der Waals surface area contributed by atoms with Crippen molar-refractivity contribution in [3.63, 3.8) is 0 Å². The van der Waals surface area contributed by atoms with Gasteiger partial charge in [-0.25, -0.2) is 4.79 Å². The molecule has 4 nitrogen and oxygen atoms in total. The van der Waals surface area contributed by atoms with Crippen LogP contribution in [0.15, 0.2) is 15.6 Å².